The van der Waals surface area contributed by atoms with Crippen molar-refractivity contribution in [2.75, 3.05) is 57.8 Å². The number of nitrogens with zero attached hydrogens (tertiary/aromatic N) is 4. The van der Waals surface area contributed by atoms with E-state index in [-0.39, 0.29) is 41.8 Å². The molecule has 2 amide bonds. The molecule has 0 bridgehead atoms. The van der Waals surface area contributed by atoms with Gasteiger partial charge in [0, 0.05) is 64.5 Å². The highest BCUT2D eigenvalue weighted by atomic mass is 127. The lowest BCUT2D eigenvalue weighted by Gasteiger charge is -2.36. The average Bonchev–Trinajstić information content (AvgIpc) is 3.18. The first-order valence-corrected chi connectivity index (χ1v) is 11.3. The molecule has 0 radical (unpaired) electrons. The number of halogens is 1. The molecule has 2 heterocycles. The van der Waals surface area contributed by atoms with Crippen LogP contribution in [0.5, 0.6) is 0 Å². The van der Waals surface area contributed by atoms with Gasteiger partial charge in [0.25, 0.3) is 0 Å². The molecule has 0 unspecified atom stereocenters. The van der Waals surface area contributed by atoms with Gasteiger partial charge in [-0.15, -0.1) is 24.0 Å². The van der Waals surface area contributed by atoms with E-state index in [0.29, 0.717) is 19.5 Å². The summed E-state index contributed by atoms with van der Waals surface area (Å²) >= 11 is 0. The van der Waals surface area contributed by atoms with Crippen LogP contribution in [-0.4, -0.2) is 86.5 Å². The second-order valence-electron chi connectivity index (χ2n) is 8.49. The number of hydrogen-bond acceptors (Lipinski definition) is 4. The summed E-state index contributed by atoms with van der Waals surface area (Å²) in [4.78, 5) is 35.3. The Kier molecular flexibility index (Phi) is 10.7. The van der Waals surface area contributed by atoms with E-state index in [9.17, 15) is 9.59 Å². The predicted molar refractivity (Wildman–Crippen MR) is 140 cm³/mol. The van der Waals surface area contributed by atoms with Gasteiger partial charge < -0.3 is 20.4 Å². The molecular weight excluding hydrogens is 519 g/mol. The molecule has 8 nitrogen and oxygen atoms in total. The van der Waals surface area contributed by atoms with Crippen LogP contribution in [0, 0.1) is 0 Å². The number of nitrogens with one attached hydrogen (secondary N) is 2. The Bertz CT molecular complexity index is 792. The molecule has 1 aromatic rings. The Morgan fingerprint density at radius 3 is 2.50 bits per heavy atom. The third-order valence-electron chi connectivity index (χ3n) is 5.74. The molecule has 2 aliphatic rings. The molecule has 1 fully saturated rings. The minimum absolute atomic E-state index is 0. The number of rotatable bonds is 7. The maximum atomic E-state index is 12.6. The van der Waals surface area contributed by atoms with Crippen LogP contribution in [0.15, 0.2) is 29.3 Å². The number of carbonyl (C=O) groups is 2. The van der Waals surface area contributed by atoms with Gasteiger partial charge in [0.15, 0.2) is 5.96 Å². The molecule has 0 spiro atoms. The molecule has 178 valence electrons. The van der Waals surface area contributed by atoms with Gasteiger partial charge >= 0.3 is 0 Å². The fraction of sp³-hybridized carbons (Fsp3) is 0.609. The van der Waals surface area contributed by atoms with Crippen LogP contribution in [0.4, 0.5) is 5.69 Å². The van der Waals surface area contributed by atoms with Crippen LogP contribution >= 0.6 is 24.0 Å². The lowest BCUT2D eigenvalue weighted by Crippen LogP contribution is -2.54. The van der Waals surface area contributed by atoms with Crippen LogP contribution in [0.3, 0.4) is 0 Å². The molecule has 0 aromatic heterocycles. The topological polar surface area (TPSA) is 80.3 Å². The lowest BCUT2D eigenvalue weighted by molar-refractivity contribution is -0.123. The number of hydrogen-bond donors (Lipinski definition) is 2. The number of carbonyl (C=O) groups excluding carboxylic acids is 2. The molecule has 2 N–H and O–H groups in total. The summed E-state index contributed by atoms with van der Waals surface area (Å²) in [5.41, 5.74) is 2.33. The summed E-state index contributed by atoms with van der Waals surface area (Å²) in [6.07, 6.45) is 2.24. The van der Waals surface area contributed by atoms with Gasteiger partial charge in [-0.25, -0.2) is 0 Å². The van der Waals surface area contributed by atoms with Crippen molar-refractivity contribution in [1.82, 2.24) is 20.4 Å². The average molecular weight is 556 g/mol. The monoisotopic (exact) mass is 556 g/mol. The van der Waals surface area contributed by atoms with E-state index in [1.54, 1.807) is 7.05 Å². The zero-order valence-electron chi connectivity index (χ0n) is 19.5. The number of guanidine groups is 1. The van der Waals surface area contributed by atoms with Gasteiger partial charge in [0.2, 0.25) is 11.8 Å². The van der Waals surface area contributed by atoms with Gasteiger partial charge in [-0.3, -0.25) is 19.5 Å². The Morgan fingerprint density at radius 2 is 1.81 bits per heavy atom. The highest BCUT2D eigenvalue weighted by molar-refractivity contribution is 14.0. The Balaban J connectivity index is 0.00000363. The summed E-state index contributed by atoms with van der Waals surface area (Å²) in [7, 11) is 1.79. The fourth-order valence-corrected chi connectivity index (χ4v) is 4.19. The number of benzene rings is 1. The summed E-state index contributed by atoms with van der Waals surface area (Å²) in [6.45, 7) is 9.22. The predicted octanol–water partition coefficient (Wildman–Crippen LogP) is 1.69. The maximum Gasteiger partial charge on any atom is 0.234 e. The fourth-order valence-electron chi connectivity index (χ4n) is 4.19. The van der Waals surface area contributed by atoms with E-state index in [4.69, 9.17) is 0 Å². The van der Waals surface area contributed by atoms with Crippen molar-refractivity contribution in [2.45, 2.75) is 39.2 Å². The van der Waals surface area contributed by atoms with Crippen molar-refractivity contribution in [3.63, 3.8) is 0 Å². The number of piperazine rings is 1. The molecule has 2 aliphatic heterocycles. The molecule has 9 heteroatoms. The summed E-state index contributed by atoms with van der Waals surface area (Å²) in [6, 6.07) is 8.33. The van der Waals surface area contributed by atoms with Gasteiger partial charge in [0.05, 0.1) is 6.54 Å². The van der Waals surface area contributed by atoms with Crippen LogP contribution in [-0.2, 0) is 16.0 Å². The first kappa shape index (κ1) is 26.4. The highest BCUT2D eigenvalue weighted by Gasteiger charge is 2.24. The summed E-state index contributed by atoms with van der Waals surface area (Å²) in [5, 5.41) is 6.34. The second kappa shape index (κ2) is 13.0. The van der Waals surface area contributed by atoms with Crippen LogP contribution < -0.4 is 15.5 Å². The molecule has 0 aliphatic carbocycles. The molecule has 1 saturated heterocycles. The first-order chi connectivity index (χ1) is 15.0. The van der Waals surface area contributed by atoms with Gasteiger partial charge in [-0.1, -0.05) is 18.2 Å². The van der Waals surface area contributed by atoms with Crippen molar-refractivity contribution >= 4 is 47.4 Å². The van der Waals surface area contributed by atoms with Crippen molar-refractivity contribution in [3.8, 4) is 0 Å². The van der Waals surface area contributed by atoms with Crippen molar-refractivity contribution in [2.24, 2.45) is 4.99 Å². The maximum absolute atomic E-state index is 12.6. The van der Waals surface area contributed by atoms with Crippen LogP contribution in [0.2, 0.25) is 0 Å². The number of anilines is 1. The Morgan fingerprint density at radius 1 is 1.09 bits per heavy atom. The second-order valence-corrected chi connectivity index (χ2v) is 8.49. The zero-order valence-corrected chi connectivity index (χ0v) is 21.8. The Hall–Kier alpha value is -1.88. The van der Waals surface area contributed by atoms with E-state index in [1.165, 1.54) is 5.56 Å². The highest BCUT2D eigenvalue weighted by Crippen LogP contribution is 2.27. The van der Waals surface area contributed by atoms with E-state index in [1.807, 2.05) is 36.9 Å². The number of fused-ring (bicyclic) bond motifs is 1. The quantitative estimate of drug-likeness (QED) is 0.231. The molecule has 3 rings (SSSR count). The summed E-state index contributed by atoms with van der Waals surface area (Å²) < 4.78 is 0. The number of amides is 2. The standard InChI is InChI=1S/C23H36N6O2.HI/c1-18(2)26-21(30)17-27-13-15-28(16-14-27)23(24-3)25-11-6-9-22(31)29-12-10-19-7-4-5-8-20(19)29;/h4-5,7-8,18H,6,9-17H2,1-3H3,(H,24,25)(H,26,30);1H. The van der Waals surface area contributed by atoms with Gasteiger partial charge in [-0.2, -0.15) is 0 Å². The third-order valence-corrected chi connectivity index (χ3v) is 5.74. The van der Waals surface area contributed by atoms with E-state index in [0.717, 1.165) is 57.2 Å². The van der Waals surface area contributed by atoms with Crippen molar-refractivity contribution in [1.29, 1.82) is 0 Å². The zero-order chi connectivity index (χ0) is 22.2. The largest absolute Gasteiger partial charge is 0.356 e. The molecule has 32 heavy (non-hydrogen) atoms. The summed E-state index contributed by atoms with van der Waals surface area (Å²) in [5.74, 6) is 1.14. The Labute approximate surface area is 208 Å². The van der Waals surface area contributed by atoms with E-state index < -0.39 is 0 Å². The SMILES string of the molecule is CN=C(NCCCC(=O)N1CCc2ccccc21)N1CCN(CC(=O)NC(C)C)CC1.I. The molecule has 1 aromatic carbocycles. The normalized spacial score (nSPS) is 16.6. The van der Waals surface area contributed by atoms with Crippen molar-refractivity contribution in [3.05, 3.63) is 29.8 Å². The number of para-hydroxylation sites is 1. The van der Waals surface area contributed by atoms with Gasteiger partial charge in [0.1, 0.15) is 0 Å². The molecular formula is C23H37IN6O2. The number of aliphatic imine (C=N–C) groups is 1. The lowest BCUT2D eigenvalue weighted by atomic mass is 10.2. The minimum atomic E-state index is 0. The van der Waals surface area contributed by atoms with Gasteiger partial charge in [-0.05, 0) is 38.3 Å². The van der Waals surface area contributed by atoms with E-state index in [2.05, 4.69) is 31.5 Å². The van der Waals surface area contributed by atoms with Crippen LogP contribution in [0.1, 0.15) is 32.3 Å². The minimum Gasteiger partial charge on any atom is -0.356 e. The first-order valence-electron chi connectivity index (χ1n) is 11.3. The third kappa shape index (κ3) is 7.33. The van der Waals surface area contributed by atoms with Crippen molar-refractivity contribution < 1.29 is 9.59 Å². The molecule has 0 saturated carbocycles. The van der Waals surface area contributed by atoms with E-state index >= 15 is 0 Å². The van der Waals surface area contributed by atoms with Crippen LogP contribution in [0.25, 0.3) is 0 Å². The molecule has 0 atom stereocenters. The smallest absolute Gasteiger partial charge is 0.234 e.